The highest BCUT2D eigenvalue weighted by Gasteiger charge is 2.21. The molecule has 3 nitrogen and oxygen atoms in total. The molecule has 3 heteroatoms. The standard InChI is InChI=1S/C15H28N2O/c1-6-16-9-7-8-14-17-11-13(18-14)10-12(2)15(3,4)5/h11-12,16H,6-10H2,1-5H3. The molecular formula is C15H28N2O. The molecule has 1 atom stereocenters. The summed E-state index contributed by atoms with van der Waals surface area (Å²) in [5.74, 6) is 2.50. The number of hydrogen-bond donors (Lipinski definition) is 1. The van der Waals surface area contributed by atoms with Crippen LogP contribution in [0.5, 0.6) is 0 Å². The first-order chi connectivity index (χ1) is 8.43. The number of aryl methyl sites for hydroxylation is 1. The number of aromatic nitrogens is 1. The summed E-state index contributed by atoms with van der Waals surface area (Å²) in [6.07, 6.45) is 4.88. The summed E-state index contributed by atoms with van der Waals surface area (Å²) >= 11 is 0. The second-order valence-corrected chi connectivity index (χ2v) is 6.15. The van der Waals surface area contributed by atoms with E-state index >= 15 is 0 Å². The van der Waals surface area contributed by atoms with Crippen LogP contribution in [0.4, 0.5) is 0 Å². The fourth-order valence-electron chi connectivity index (χ4n) is 1.71. The molecule has 0 aliphatic heterocycles. The van der Waals surface area contributed by atoms with E-state index in [-0.39, 0.29) is 0 Å². The largest absolute Gasteiger partial charge is 0.446 e. The predicted molar refractivity (Wildman–Crippen MR) is 75.7 cm³/mol. The van der Waals surface area contributed by atoms with Gasteiger partial charge in [0.1, 0.15) is 5.76 Å². The van der Waals surface area contributed by atoms with Crippen LogP contribution in [0.15, 0.2) is 10.6 Å². The monoisotopic (exact) mass is 252 g/mol. The molecule has 0 fully saturated rings. The highest BCUT2D eigenvalue weighted by atomic mass is 16.4. The van der Waals surface area contributed by atoms with Crippen molar-refractivity contribution in [3.05, 3.63) is 17.8 Å². The van der Waals surface area contributed by atoms with Gasteiger partial charge < -0.3 is 9.73 Å². The van der Waals surface area contributed by atoms with E-state index in [1.54, 1.807) is 0 Å². The molecule has 104 valence electrons. The van der Waals surface area contributed by atoms with Gasteiger partial charge in [-0.3, -0.25) is 0 Å². The minimum absolute atomic E-state index is 0.317. The van der Waals surface area contributed by atoms with E-state index in [0.29, 0.717) is 11.3 Å². The van der Waals surface area contributed by atoms with Gasteiger partial charge in [-0.1, -0.05) is 34.6 Å². The maximum Gasteiger partial charge on any atom is 0.194 e. The van der Waals surface area contributed by atoms with Crippen molar-refractivity contribution < 1.29 is 4.42 Å². The highest BCUT2D eigenvalue weighted by Crippen LogP contribution is 2.28. The minimum Gasteiger partial charge on any atom is -0.446 e. The Bertz CT molecular complexity index is 339. The van der Waals surface area contributed by atoms with E-state index < -0.39 is 0 Å². The van der Waals surface area contributed by atoms with Crippen LogP contribution in [-0.2, 0) is 12.8 Å². The SMILES string of the molecule is CCNCCCc1ncc(CC(C)C(C)(C)C)o1. The maximum atomic E-state index is 5.79. The third kappa shape index (κ3) is 5.21. The summed E-state index contributed by atoms with van der Waals surface area (Å²) in [6.45, 7) is 13.3. The summed E-state index contributed by atoms with van der Waals surface area (Å²) in [5.41, 5.74) is 0.317. The van der Waals surface area contributed by atoms with Crippen LogP contribution in [0.25, 0.3) is 0 Å². The van der Waals surface area contributed by atoms with Crippen LogP contribution in [0, 0.1) is 11.3 Å². The van der Waals surface area contributed by atoms with Crippen molar-refractivity contribution in [2.24, 2.45) is 11.3 Å². The molecule has 0 amide bonds. The van der Waals surface area contributed by atoms with Gasteiger partial charge in [-0.15, -0.1) is 0 Å². The summed E-state index contributed by atoms with van der Waals surface area (Å²) < 4.78 is 5.79. The predicted octanol–water partition coefficient (Wildman–Crippen LogP) is 3.44. The van der Waals surface area contributed by atoms with E-state index in [0.717, 1.165) is 44.0 Å². The van der Waals surface area contributed by atoms with Gasteiger partial charge in [0.25, 0.3) is 0 Å². The van der Waals surface area contributed by atoms with E-state index in [2.05, 4.69) is 44.9 Å². The molecule has 0 aromatic carbocycles. The molecule has 0 bridgehead atoms. The Morgan fingerprint density at radius 2 is 2.11 bits per heavy atom. The lowest BCUT2D eigenvalue weighted by Gasteiger charge is -2.26. The molecule has 0 radical (unpaired) electrons. The lowest BCUT2D eigenvalue weighted by Crippen LogP contribution is -2.19. The van der Waals surface area contributed by atoms with Crippen LogP contribution >= 0.6 is 0 Å². The lowest BCUT2D eigenvalue weighted by molar-refractivity contribution is 0.246. The fraction of sp³-hybridized carbons (Fsp3) is 0.800. The Morgan fingerprint density at radius 3 is 2.72 bits per heavy atom. The molecular weight excluding hydrogens is 224 g/mol. The Balaban J connectivity index is 2.39. The quantitative estimate of drug-likeness (QED) is 0.755. The van der Waals surface area contributed by atoms with Gasteiger partial charge in [0.15, 0.2) is 5.89 Å². The molecule has 1 rings (SSSR count). The van der Waals surface area contributed by atoms with Crippen LogP contribution in [0.2, 0.25) is 0 Å². The van der Waals surface area contributed by atoms with Gasteiger partial charge in [0.05, 0.1) is 6.20 Å². The first-order valence-corrected chi connectivity index (χ1v) is 7.07. The summed E-state index contributed by atoms with van der Waals surface area (Å²) in [4.78, 5) is 4.35. The number of rotatable bonds is 7. The summed E-state index contributed by atoms with van der Waals surface area (Å²) in [5, 5.41) is 3.31. The fourth-order valence-corrected chi connectivity index (χ4v) is 1.71. The number of oxazole rings is 1. The van der Waals surface area contributed by atoms with Crippen molar-refractivity contribution in [3.63, 3.8) is 0 Å². The third-order valence-electron chi connectivity index (χ3n) is 3.58. The van der Waals surface area contributed by atoms with Crippen molar-refractivity contribution in [3.8, 4) is 0 Å². The molecule has 1 aromatic heterocycles. The average Bonchev–Trinajstić information content (AvgIpc) is 2.71. The van der Waals surface area contributed by atoms with Gasteiger partial charge in [0.2, 0.25) is 0 Å². The van der Waals surface area contributed by atoms with E-state index in [1.807, 2.05) is 6.20 Å². The second kappa shape index (κ2) is 6.93. The van der Waals surface area contributed by atoms with Crippen molar-refractivity contribution >= 4 is 0 Å². The third-order valence-corrected chi connectivity index (χ3v) is 3.58. The molecule has 0 saturated carbocycles. The van der Waals surface area contributed by atoms with Gasteiger partial charge >= 0.3 is 0 Å². The molecule has 1 heterocycles. The van der Waals surface area contributed by atoms with Crippen molar-refractivity contribution in [2.45, 2.75) is 53.9 Å². The zero-order valence-electron chi connectivity index (χ0n) is 12.5. The molecule has 18 heavy (non-hydrogen) atoms. The smallest absolute Gasteiger partial charge is 0.194 e. The topological polar surface area (TPSA) is 38.1 Å². The van der Waals surface area contributed by atoms with Gasteiger partial charge in [-0.25, -0.2) is 4.98 Å². The maximum absolute atomic E-state index is 5.79. The molecule has 1 N–H and O–H groups in total. The van der Waals surface area contributed by atoms with Crippen molar-refractivity contribution in [1.29, 1.82) is 0 Å². The number of nitrogens with zero attached hydrogens (tertiary/aromatic N) is 1. The van der Waals surface area contributed by atoms with Gasteiger partial charge in [-0.05, 0) is 30.8 Å². The van der Waals surface area contributed by atoms with Crippen LogP contribution < -0.4 is 5.32 Å². The molecule has 0 aliphatic carbocycles. The molecule has 0 aliphatic rings. The summed E-state index contributed by atoms with van der Waals surface area (Å²) in [6, 6.07) is 0. The van der Waals surface area contributed by atoms with Crippen LogP contribution in [-0.4, -0.2) is 18.1 Å². The normalized spacial score (nSPS) is 13.8. The Morgan fingerprint density at radius 1 is 1.39 bits per heavy atom. The average molecular weight is 252 g/mol. The molecule has 0 saturated heterocycles. The van der Waals surface area contributed by atoms with Crippen molar-refractivity contribution in [2.75, 3.05) is 13.1 Å². The Labute approximate surface area is 111 Å². The first kappa shape index (κ1) is 15.2. The summed E-state index contributed by atoms with van der Waals surface area (Å²) in [7, 11) is 0. The van der Waals surface area contributed by atoms with E-state index in [1.165, 1.54) is 0 Å². The van der Waals surface area contributed by atoms with Gasteiger partial charge in [0, 0.05) is 12.8 Å². The van der Waals surface area contributed by atoms with Crippen LogP contribution in [0.3, 0.4) is 0 Å². The lowest BCUT2D eigenvalue weighted by atomic mass is 9.80. The molecule has 0 spiro atoms. The minimum atomic E-state index is 0.317. The van der Waals surface area contributed by atoms with Gasteiger partial charge in [-0.2, -0.15) is 0 Å². The zero-order chi connectivity index (χ0) is 13.6. The van der Waals surface area contributed by atoms with E-state index in [9.17, 15) is 0 Å². The second-order valence-electron chi connectivity index (χ2n) is 6.15. The molecule has 1 unspecified atom stereocenters. The number of hydrogen-bond acceptors (Lipinski definition) is 3. The zero-order valence-corrected chi connectivity index (χ0v) is 12.5. The first-order valence-electron chi connectivity index (χ1n) is 7.07. The number of nitrogens with one attached hydrogen (secondary N) is 1. The Hall–Kier alpha value is -0.830. The highest BCUT2D eigenvalue weighted by molar-refractivity contribution is 4.97. The van der Waals surface area contributed by atoms with Crippen LogP contribution in [0.1, 0.15) is 52.7 Å². The Kier molecular flexibility index (Phi) is 5.86. The van der Waals surface area contributed by atoms with E-state index in [4.69, 9.17) is 4.42 Å². The molecule has 1 aromatic rings. The van der Waals surface area contributed by atoms with Crippen molar-refractivity contribution in [1.82, 2.24) is 10.3 Å².